The highest BCUT2D eigenvalue weighted by Gasteiger charge is 2.31. The Morgan fingerprint density at radius 2 is 1.73 bits per heavy atom. The summed E-state index contributed by atoms with van der Waals surface area (Å²) >= 11 is 0. The van der Waals surface area contributed by atoms with Gasteiger partial charge in [-0.1, -0.05) is 12.1 Å². The van der Waals surface area contributed by atoms with E-state index in [1.807, 2.05) is 22.9 Å². The molecular weight excluding hydrogens is 328 g/mol. The minimum Gasteiger partial charge on any atom is -0.339 e. The van der Waals surface area contributed by atoms with Gasteiger partial charge in [-0.25, -0.2) is 4.68 Å². The summed E-state index contributed by atoms with van der Waals surface area (Å²) in [5.41, 5.74) is 3.81. The van der Waals surface area contributed by atoms with Crippen LogP contribution in [0.2, 0.25) is 0 Å². The third-order valence-electron chi connectivity index (χ3n) is 5.21. The maximum absolute atomic E-state index is 12.9. The maximum Gasteiger partial charge on any atom is 0.274 e. The quantitative estimate of drug-likeness (QED) is 0.852. The molecule has 26 heavy (non-hydrogen) atoms. The number of nitrogens with zero attached hydrogens (tertiary/aromatic N) is 4. The molecule has 2 aromatic rings. The van der Waals surface area contributed by atoms with E-state index in [9.17, 15) is 9.59 Å². The van der Waals surface area contributed by atoms with E-state index in [2.05, 4.69) is 24.2 Å². The number of rotatable bonds is 3. The van der Waals surface area contributed by atoms with Gasteiger partial charge in [0.2, 0.25) is 5.91 Å². The van der Waals surface area contributed by atoms with Crippen LogP contribution in [0.4, 0.5) is 0 Å². The van der Waals surface area contributed by atoms with Crippen molar-refractivity contribution in [3.05, 3.63) is 47.3 Å². The van der Waals surface area contributed by atoms with E-state index in [0.717, 1.165) is 24.2 Å². The largest absolute Gasteiger partial charge is 0.339 e. The number of piperazine rings is 1. The Bertz CT molecular complexity index is 845. The molecule has 1 aromatic heterocycles. The standard InChI is InChI=1S/C20H24N4O2/c1-14-4-3-5-17(12-14)24-19(16-6-7-16)13-18(21-24)20(26)23-10-8-22(9-11-23)15(2)25/h3-5,12-13,16H,6-11H2,1-2H3. The number of aromatic nitrogens is 2. The molecule has 0 bridgehead atoms. The SMILES string of the molecule is CC(=O)N1CCN(C(=O)c2cc(C3CC3)n(-c3cccc(C)c3)n2)CC1. The molecule has 6 nitrogen and oxygen atoms in total. The zero-order valence-electron chi connectivity index (χ0n) is 15.3. The molecule has 0 radical (unpaired) electrons. The molecule has 2 heterocycles. The predicted molar refractivity (Wildman–Crippen MR) is 98.4 cm³/mol. The van der Waals surface area contributed by atoms with Gasteiger partial charge in [-0.2, -0.15) is 5.10 Å². The number of carbonyl (C=O) groups excluding carboxylic acids is 2. The van der Waals surface area contributed by atoms with Crippen molar-refractivity contribution in [3.63, 3.8) is 0 Å². The Balaban J connectivity index is 1.58. The second kappa shape index (κ2) is 6.59. The van der Waals surface area contributed by atoms with Gasteiger partial charge in [0, 0.05) is 44.7 Å². The van der Waals surface area contributed by atoms with Gasteiger partial charge in [-0.3, -0.25) is 9.59 Å². The van der Waals surface area contributed by atoms with Crippen LogP contribution in [0.25, 0.3) is 5.69 Å². The Kier molecular flexibility index (Phi) is 4.26. The summed E-state index contributed by atoms with van der Waals surface area (Å²) in [4.78, 5) is 28.0. The molecule has 2 aliphatic rings. The molecule has 1 aliphatic heterocycles. The highest BCUT2D eigenvalue weighted by molar-refractivity contribution is 5.92. The van der Waals surface area contributed by atoms with Crippen LogP contribution in [0, 0.1) is 6.92 Å². The topological polar surface area (TPSA) is 58.4 Å². The molecule has 2 amide bonds. The van der Waals surface area contributed by atoms with E-state index in [0.29, 0.717) is 37.8 Å². The maximum atomic E-state index is 12.9. The van der Waals surface area contributed by atoms with E-state index < -0.39 is 0 Å². The fourth-order valence-corrected chi connectivity index (χ4v) is 3.52. The summed E-state index contributed by atoms with van der Waals surface area (Å²) in [6, 6.07) is 10.2. The minimum atomic E-state index is -0.0403. The second-order valence-corrected chi connectivity index (χ2v) is 7.28. The van der Waals surface area contributed by atoms with Crippen LogP contribution in [0.5, 0.6) is 0 Å². The van der Waals surface area contributed by atoms with Gasteiger partial charge in [0.1, 0.15) is 0 Å². The smallest absolute Gasteiger partial charge is 0.274 e. The van der Waals surface area contributed by atoms with Crippen molar-refractivity contribution in [2.24, 2.45) is 0 Å². The van der Waals surface area contributed by atoms with Gasteiger partial charge in [0.15, 0.2) is 5.69 Å². The van der Waals surface area contributed by atoms with Crippen molar-refractivity contribution in [2.75, 3.05) is 26.2 Å². The van der Waals surface area contributed by atoms with Gasteiger partial charge < -0.3 is 9.80 Å². The zero-order chi connectivity index (χ0) is 18.3. The molecule has 0 spiro atoms. The fraction of sp³-hybridized carbons (Fsp3) is 0.450. The van der Waals surface area contributed by atoms with E-state index >= 15 is 0 Å². The van der Waals surface area contributed by atoms with Crippen molar-refractivity contribution in [1.82, 2.24) is 19.6 Å². The summed E-state index contributed by atoms with van der Waals surface area (Å²) in [5, 5.41) is 4.66. The van der Waals surface area contributed by atoms with Crippen LogP contribution in [-0.2, 0) is 4.79 Å². The molecule has 1 saturated heterocycles. The number of carbonyl (C=O) groups is 2. The molecule has 1 aromatic carbocycles. The Hall–Kier alpha value is -2.63. The van der Waals surface area contributed by atoms with Crippen LogP contribution < -0.4 is 0 Å². The first-order chi connectivity index (χ1) is 12.5. The van der Waals surface area contributed by atoms with E-state index in [1.165, 1.54) is 5.56 Å². The Morgan fingerprint density at radius 3 is 2.35 bits per heavy atom. The molecule has 1 saturated carbocycles. The van der Waals surface area contributed by atoms with Crippen LogP contribution in [0.1, 0.15) is 47.4 Å². The second-order valence-electron chi connectivity index (χ2n) is 7.28. The van der Waals surface area contributed by atoms with Crippen LogP contribution in [-0.4, -0.2) is 57.6 Å². The molecule has 2 fully saturated rings. The first-order valence-corrected chi connectivity index (χ1v) is 9.25. The van der Waals surface area contributed by atoms with E-state index in [-0.39, 0.29) is 11.8 Å². The van der Waals surface area contributed by atoms with Gasteiger partial charge >= 0.3 is 0 Å². The van der Waals surface area contributed by atoms with Crippen LogP contribution in [0.15, 0.2) is 30.3 Å². The first-order valence-electron chi connectivity index (χ1n) is 9.25. The molecular formula is C20H24N4O2. The van der Waals surface area contributed by atoms with Gasteiger partial charge in [0.25, 0.3) is 5.91 Å². The molecule has 1 aliphatic carbocycles. The molecule has 6 heteroatoms. The average molecular weight is 352 g/mol. The summed E-state index contributed by atoms with van der Waals surface area (Å²) in [5.74, 6) is 0.525. The number of aryl methyl sites for hydroxylation is 1. The van der Waals surface area contributed by atoms with Crippen molar-refractivity contribution in [1.29, 1.82) is 0 Å². The van der Waals surface area contributed by atoms with E-state index in [1.54, 1.807) is 16.7 Å². The third kappa shape index (κ3) is 3.23. The van der Waals surface area contributed by atoms with Gasteiger partial charge in [-0.15, -0.1) is 0 Å². The number of amides is 2. The first kappa shape index (κ1) is 16.8. The lowest BCUT2D eigenvalue weighted by molar-refractivity contribution is -0.130. The van der Waals surface area contributed by atoms with E-state index in [4.69, 9.17) is 0 Å². The van der Waals surface area contributed by atoms with Crippen LogP contribution >= 0.6 is 0 Å². The van der Waals surface area contributed by atoms with Gasteiger partial charge in [-0.05, 0) is 43.5 Å². The highest BCUT2D eigenvalue weighted by Crippen LogP contribution is 2.41. The lowest BCUT2D eigenvalue weighted by Crippen LogP contribution is -2.50. The van der Waals surface area contributed by atoms with Gasteiger partial charge in [0.05, 0.1) is 5.69 Å². The van der Waals surface area contributed by atoms with Crippen molar-refractivity contribution >= 4 is 11.8 Å². The van der Waals surface area contributed by atoms with Crippen molar-refractivity contribution < 1.29 is 9.59 Å². The third-order valence-corrected chi connectivity index (χ3v) is 5.21. The normalized spacial score (nSPS) is 17.5. The predicted octanol–water partition coefficient (Wildman–Crippen LogP) is 2.36. The fourth-order valence-electron chi connectivity index (χ4n) is 3.52. The summed E-state index contributed by atoms with van der Waals surface area (Å²) < 4.78 is 1.93. The summed E-state index contributed by atoms with van der Waals surface area (Å²) in [6.45, 7) is 5.94. The van der Waals surface area contributed by atoms with Crippen molar-refractivity contribution in [3.8, 4) is 5.69 Å². The minimum absolute atomic E-state index is 0.0403. The molecule has 0 N–H and O–H groups in total. The summed E-state index contributed by atoms with van der Waals surface area (Å²) in [6.07, 6.45) is 2.31. The molecule has 0 atom stereocenters. The summed E-state index contributed by atoms with van der Waals surface area (Å²) in [7, 11) is 0. The zero-order valence-corrected chi connectivity index (χ0v) is 15.3. The molecule has 4 rings (SSSR count). The Morgan fingerprint density at radius 1 is 1.04 bits per heavy atom. The highest BCUT2D eigenvalue weighted by atomic mass is 16.2. The molecule has 0 unspecified atom stereocenters. The monoisotopic (exact) mass is 352 g/mol. The number of benzene rings is 1. The average Bonchev–Trinajstić information content (AvgIpc) is 3.39. The lowest BCUT2D eigenvalue weighted by Gasteiger charge is -2.33. The number of hydrogen-bond donors (Lipinski definition) is 0. The van der Waals surface area contributed by atoms with Crippen molar-refractivity contribution in [2.45, 2.75) is 32.6 Å². The molecule has 136 valence electrons. The Labute approximate surface area is 153 Å². The lowest BCUT2D eigenvalue weighted by atomic mass is 10.2. The number of hydrogen-bond acceptors (Lipinski definition) is 3. The van der Waals surface area contributed by atoms with Crippen LogP contribution in [0.3, 0.4) is 0 Å².